The third kappa shape index (κ3) is 2.14. The van der Waals surface area contributed by atoms with Crippen molar-refractivity contribution in [3.05, 3.63) is 36.0 Å². The largest absolute Gasteiger partial charge is 0.316 e. The lowest BCUT2D eigenvalue weighted by atomic mass is 10.0. The van der Waals surface area contributed by atoms with Crippen LogP contribution in [0.25, 0.3) is 10.9 Å². The van der Waals surface area contributed by atoms with E-state index in [9.17, 15) is 8.42 Å². The van der Waals surface area contributed by atoms with E-state index >= 15 is 0 Å². The Hall–Kier alpha value is -1.50. The van der Waals surface area contributed by atoms with Gasteiger partial charge in [0.1, 0.15) is 4.90 Å². The molecule has 22 heavy (non-hydrogen) atoms. The van der Waals surface area contributed by atoms with Crippen molar-refractivity contribution in [3.8, 4) is 0 Å². The minimum Gasteiger partial charge on any atom is -0.316 e. The SMILES string of the molecule is Cc1cnc2c(S(=O)(=O)N3C[C@H]4CNC[C@H]4C3)cccc2c1. The molecule has 116 valence electrons. The van der Waals surface area contributed by atoms with Gasteiger partial charge in [0.2, 0.25) is 10.0 Å². The van der Waals surface area contributed by atoms with E-state index in [1.807, 2.05) is 19.1 Å². The first-order valence-corrected chi connectivity index (χ1v) is 9.06. The quantitative estimate of drug-likeness (QED) is 0.909. The van der Waals surface area contributed by atoms with Gasteiger partial charge >= 0.3 is 0 Å². The van der Waals surface area contributed by atoms with Crippen LogP contribution in [-0.4, -0.2) is 43.9 Å². The van der Waals surface area contributed by atoms with Crippen molar-refractivity contribution in [2.24, 2.45) is 11.8 Å². The highest BCUT2D eigenvalue weighted by Gasteiger charge is 2.41. The number of para-hydroxylation sites is 1. The average molecular weight is 317 g/mol. The van der Waals surface area contributed by atoms with Crippen LogP contribution in [0.3, 0.4) is 0 Å². The van der Waals surface area contributed by atoms with Crippen LogP contribution >= 0.6 is 0 Å². The molecule has 1 N–H and O–H groups in total. The molecule has 2 atom stereocenters. The van der Waals surface area contributed by atoms with Gasteiger partial charge in [0.25, 0.3) is 0 Å². The summed E-state index contributed by atoms with van der Waals surface area (Å²) in [4.78, 5) is 4.70. The fourth-order valence-electron chi connectivity index (χ4n) is 3.60. The van der Waals surface area contributed by atoms with Gasteiger partial charge in [0, 0.05) is 24.7 Å². The van der Waals surface area contributed by atoms with Gasteiger partial charge in [-0.1, -0.05) is 12.1 Å². The maximum Gasteiger partial charge on any atom is 0.245 e. The summed E-state index contributed by atoms with van der Waals surface area (Å²) in [6.07, 6.45) is 1.73. The summed E-state index contributed by atoms with van der Waals surface area (Å²) in [5.41, 5.74) is 1.60. The van der Waals surface area contributed by atoms with E-state index in [4.69, 9.17) is 0 Å². The van der Waals surface area contributed by atoms with Crippen molar-refractivity contribution in [2.45, 2.75) is 11.8 Å². The Morgan fingerprint density at radius 2 is 1.95 bits per heavy atom. The van der Waals surface area contributed by atoms with Crippen LogP contribution in [0.5, 0.6) is 0 Å². The number of fused-ring (bicyclic) bond motifs is 2. The van der Waals surface area contributed by atoms with Gasteiger partial charge in [-0.2, -0.15) is 4.31 Å². The molecule has 5 nitrogen and oxygen atoms in total. The molecule has 2 aromatic rings. The molecule has 6 heteroatoms. The number of hydrogen-bond donors (Lipinski definition) is 1. The molecule has 0 aliphatic carbocycles. The van der Waals surface area contributed by atoms with E-state index in [0.29, 0.717) is 35.3 Å². The van der Waals surface area contributed by atoms with E-state index in [1.54, 1.807) is 22.6 Å². The number of hydrogen-bond acceptors (Lipinski definition) is 4. The fourth-order valence-corrected chi connectivity index (χ4v) is 5.32. The van der Waals surface area contributed by atoms with Crippen molar-refractivity contribution < 1.29 is 8.42 Å². The first-order chi connectivity index (χ1) is 10.6. The third-order valence-electron chi connectivity index (χ3n) is 4.78. The standard InChI is InChI=1S/C16H19N3O2S/c1-11-5-12-3-2-4-15(16(12)18-6-11)22(20,21)19-9-13-7-17-8-14(13)10-19/h2-6,13-14,17H,7-10H2,1H3/t13-,14+. The zero-order valence-corrected chi connectivity index (χ0v) is 13.3. The Labute approximate surface area is 130 Å². The number of aryl methyl sites for hydroxylation is 1. The number of nitrogens with zero attached hydrogens (tertiary/aromatic N) is 2. The number of benzene rings is 1. The molecule has 0 radical (unpaired) electrons. The molecule has 4 rings (SSSR count). The summed E-state index contributed by atoms with van der Waals surface area (Å²) in [5.74, 6) is 0.889. The van der Waals surface area contributed by atoms with Crippen LogP contribution in [0, 0.1) is 18.8 Å². The normalized spacial score (nSPS) is 25.7. The summed E-state index contributed by atoms with van der Waals surface area (Å²) in [7, 11) is -3.48. The lowest BCUT2D eigenvalue weighted by molar-refractivity contribution is 0.448. The van der Waals surface area contributed by atoms with Gasteiger partial charge < -0.3 is 5.32 Å². The summed E-state index contributed by atoms with van der Waals surface area (Å²) in [5, 5.41) is 4.22. The molecule has 1 aromatic heterocycles. The topological polar surface area (TPSA) is 62.3 Å². The van der Waals surface area contributed by atoms with Crippen molar-refractivity contribution >= 4 is 20.9 Å². The maximum atomic E-state index is 13.0. The number of sulfonamides is 1. The van der Waals surface area contributed by atoms with Gasteiger partial charge in [0.05, 0.1) is 5.52 Å². The number of aromatic nitrogens is 1. The summed E-state index contributed by atoms with van der Waals surface area (Å²) >= 11 is 0. The number of rotatable bonds is 2. The highest BCUT2D eigenvalue weighted by atomic mass is 32.2. The average Bonchev–Trinajstić information content (AvgIpc) is 3.07. The van der Waals surface area contributed by atoms with Crippen LogP contribution in [0.4, 0.5) is 0 Å². The van der Waals surface area contributed by atoms with Crippen molar-refractivity contribution in [2.75, 3.05) is 26.2 Å². The smallest absolute Gasteiger partial charge is 0.245 e. The fraction of sp³-hybridized carbons (Fsp3) is 0.438. The van der Waals surface area contributed by atoms with Crippen LogP contribution in [-0.2, 0) is 10.0 Å². The summed E-state index contributed by atoms with van der Waals surface area (Å²) < 4.78 is 27.7. The zero-order valence-electron chi connectivity index (χ0n) is 12.5. The first kappa shape index (κ1) is 14.1. The minimum atomic E-state index is -3.48. The highest BCUT2D eigenvalue weighted by Crippen LogP contribution is 2.32. The van der Waals surface area contributed by atoms with Crippen molar-refractivity contribution in [1.29, 1.82) is 0 Å². The molecule has 0 spiro atoms. The van der Waals surface area contributed by atoms with Gasteiger partial charge in [-0.15, -0.1) is 0 Å². The van der Waals surface area contributed by atoms with Crippen molar-refractivity contribution in [3.63, 3.8) is 0 Å². The molecule has 0 bridgehead atoms. The lowest BCUT2D eigenvalue weighted by Gasteiger charge is -2.18. The Bertz CT molecular complexity index is 822. The Morgan fingerprint density at radius 3 is 2.68 bits per heavy atom. The van der Waals surface area contributed by atoms with Crippen LogP contribution < -0.4 is 5.32 Å². The van der Waals surface area contributed by atoms with Gasteiger partial charge in [0.15, 0.2) is 0 Å². The molecule has 3 heterocycles. The van der Waals surface area contributed by atoms with E-state index < -0.39 is 10.0 Å². The molecule has 1 aromatic carbocycles. The second kappa shape index (κ2) is 5.01. The predicted molar refractivity (Wildman–Crippen MR) is 85.1 cm³/mol. The molecule has 0 unspecified atom stereocenters. The van der Waals surface area contributed by atoms with Gasteiger partial charge in [-0.05, 0) is 49.5 Å². The highest BCUT2D eigenvalue weighted by molar-refractivity contribution is 7.89. The molecule has 2 saturated heterocycles. The molecular formula is C16H19N3O2S. The van der Waals surface area contributed by atoms with Crippen molar-refractivity contribution in [1.82, 2.24) is 14.6 Å². The predicted octanol–water partition coefficient (Wildman–Crippen LogP) is 1.38. The van der Waals surface area contributed by atoms with E-state index in [0.717, 1.165) is 24.0 Å². The Balaban J connectivity index is 1.77. The molecule has 2 fully saturated rings. The van der Waals surface area contributed by atoms with Gasteiger partial charge in [-0.3, -0.25) is 4.98 Å². The third-order valence-corrected chi connectivity index (χ3v) is 6.65. The van der Waals surface area contributed by atoms with E-state index in [-0.39, 0.29) is 0 Å². The van der Waals surface area contributed by atoms with Crippen LogP contribution in [0.1, 0.15) is 5.56 Å². The molecule has 0 saturated carbocycles. The Kier molecular flexibility index (Phi) is 3.21. The number of nitrogens with one attached hydrogen (secondary N) is 1. The van der Waals surface area contributed by atoms with Crippen LogP contribution in [0.2, 0.25) is 0 Å². The summed E-state index contributed by atoms with van der Waals surface area (Å²) in [6, 6.07) is 7.36. The van der Waals surface area contributed by atoms with E-state index in [2.05, 4.69) is 10.3 Å². The van der Waals surface area contributed by atoms with Gasteiger partial charge in [-0.25, -0.2) is 8.42 Å². The maximum absolute atomic E-state index is 13.0. The summed E-state index contributed by atoms with van der Waals surface area (Å²) in [6.45, 7) is 5.03. The number of pyridine rings is 1. The monoisotopic (exact) mass is 317 g/mol. The first-order valence-electron chi connectivity index (χ1n) is 7.62. The lowest BCUT2D eigenvalue weighted by Crippen LogP contribution is -2.32. The second-order valence-corrected chi connectivity index (χ2v) is 8.25. The van der Waals surface area contributed by atoms with E-state index in [1.165, 1.54) is 0 Å². The molecule has 2 aliphatic heterocycles. The molecular weight excluding hydrogens is 298 g/mol. The molecule has 2 aliphatic rings. The Morgan fingerprint density at radius 1 is 1.23 bits per heavy atom. The zero-order chi connectivity index (χ0) is 15.3. The molecule has 0 amide bonds. The minimum absolute atomic E-state index is 0.331. The second-order valence-electron chi connectivity index (χ2n) is 6.34. The van der Waals surface area contributed by atoms with Crippen LogP contribution in [0.15, 0.2) is 35.4 Å².